The Kier molecular flexibility index (Phi) is 2.57. The second kappa shape index (κ2) is 3.46. The molecule has 1 rings (SSSR count). The molecule has 53 valence electrons. The smallest absolute Gasteiger partial charge is 0.137 e. The van der Waals surface area contributed by atoms with Crippen LogP contribution < -0.4 is 5.32 Å². The topological polar surface area (TPSA) is 35.9 Å². The average Bonchev–Trinajstić information content (AvgIpc) is 2.05. The molecule has 0 aliphatic carbocycles. The van der Waals surface area contributed by atoms with Crippen LogP contribution in [0.3, 0.4) is 0 Å². The Balaban J connectivity index is 2.51. The monoisotopic (exact) mass is 153 g/mol. The van der Waals surface area contributed by atoms with Gasteiger partial charge in [-0.25, -0.2) is 0 Å². The molecule has 2 nitrogen and oxygen atoms in total. The van der Waals surface area contributed by atoms with Gasteiger partial charge in [0.25, 0.3) is 0 Å². The van der Waals surface area contributed by atoms with Gasteiger partial charge in [-0.05, 0) is 24.6 Å². The number of rotatable bonds is 1. The third-order valence-electron chi connectivity index (χ3n) is 1.16. The zero-order valence-corrected chi connectivity index (χ0v) is 6.53. The highest BCUT2D eigenvalue weighted by Crippen LogP contribution is 2.11. The van der Waals surface area contributed by atoms with Gasteiger partial charge in [0, 0.05) is 0 Å². The van der Waals surface area contributed by atoms with Gasteiger partial charge in [0.15, 0.2) is 0 Å². The zero-order chi connectivity index (χ0) is 7.40. The van der Waals surface area contributed by atoms with Crippen molar-refractivity contribution in [3.63, 3.8) is 0 Å². The molecule has 1 radical (unpaired) electrons. The minimum atomic E-state index is 0.570. The molecule has 0 aromatic rings. The van der Waals surface area contributed by atoms with Crippen molar-refractivity contribution in [2.24, 2.45) is 0 Å². The van der Waals surface area contributed by atoms with Crippen molar-refractivity contribution in [2.75, 3.05) is 6.26 Å². The molecule has 0 unspecified atom stereocenters. The molecule has 1 heterocycles. The largest absolute Gasteiger partial charge is 0.374 e. The van der Waals surface area contributed by atoms with E-state index in [0.717, 1.165) is 6.04 Å². The Morgan fingerprint density at radius 2 is 2.40 bits per heavy atom. The van der Waals surface area contributed by atoms with Gasteiger partial charge in [0.2, 0.25) is 0 Å². The van der Waals surface area contributed by atoms with E-state index in [9.17, 15) is 0 Å². The zero-order valence-electron chi connectivity index (χ0n) is 5.72. The lowest BCUT2D eigenvalue weighted by Gasteiger charge is -2.12. The SMILES string of the molecule is CSC(=N)[C]1C=CC=CN1. The predicted octanol–water partition coefficient (Wildman–Crippen LogP) is 1.53. The highest BCUT2D eigenvalue weighted by atomic mass is 32.2. The molecule has 0 amide bonds. The minimum Gasteiger partial charge on any atom is -0.374 e. The Bertz CT molecular complexity index is 184. The van der Waals surface area contributed by atoms with Crippen molar-refractivity contribution in [1.29, 1.82) is 5.41 Å². The van der Waals surface area contributed by atoms with Crippen LogP contribution in [0.4, 0.5) is 0 Å². The Morgan fingerprint density at radius 1 is 1.60 bits per heavy atom. The standard InChI is InChI=1S/C7H9N2S/c1-10-7(8)6-4-2-3-5-9-6/h2-5,8-9H,1H3. The van der Waals surface area contributed by atoms with Crippen LogP contribution >= 0.6 is 11.8 Å². The van der Waals surface area contributed by atoms with E-state index in [1.165, 1.54) is 11.8 Å². The summed E-state index contributed by atoms with van der Waals surface area (Å²) in [5.74, 6) is 0. The molecule has 10 heavy (non-hydrogen) atoms. The van der Waals surface area contributed by atoms with Crippen molar-refractivity contribution in [1.82, 2.24) is 5.32 Å². The molecule has 0 saturated heterocycles. The number of dihydropyridines is 1. The van der Waals surface area contributed by atoms with Crippen molar-refractivity contribution in [3.8, 4) is 0 Å². The van der Waals surface area contributed by atoms with Crippen molar-refractivity contribution in [2.45, 2.75) is 0 Å². The quantitative estimate of drug-likeness (QED) is 0.442. The summed E-state index contributed by atoms with van der Waals surface area (Å²) in [6.45, 7) is 0. The highest BCUT2D eigenvalue weighted by Gasteiger charge is 2.09. The van der Waals surface area contributed by atoms with Crippen LogP contribution in [0.1, 0.15) is 0 Å². The Labute approximate surface area is 64.9 Å². The second-order valence-electron chi connectivity index (χ2n) is 1.81. The fourth-order valence-corrected chi connectivity index (χ4v) is 0.991. The molecule has 3 heteroatoms. The first kappa shape index (κ1) is 7.41. The van der Waals surface area contributed by atoms with E-state index in [2.05, 4.69) is 5.32 Å². The molecule has 2 N–H and O–H groups in total. The summed E-state index contributed by atoms with van der Waals surface area (Å²) in [6.07, 6.45) is 9.41. The molecule has 0 aromatic heterocycles. The van der Waals surface area contributed by atoms with E-state index in [1.807, 2.05) is 30.7 Å². The van der Waals surface area contributed by atoms with Crippen LogP contribution in [-0.2, 0) is 0 Å². The van der Waals surface area contributed by atoms with E-state index < -0.39 is 0 Å². The first-order valence-corrected chi connectivity index (χ1v) is 4.16. The number of hydrogen-bond acceptors (Lipinski definition) is 3. The fraction of sp³-hybridized carbons (Fsp3) is 0.143. The van der Waals surface area contributed by atoms with Crippen LogP contribution in [0.25, 0.3) is 0 Å². The molecule has 0 saturated carbocycles. The van der Waals surface area contributed by atoms with Crippen LogP contribution in [0.15, 0.2) is 24.4 Å². The van der Waals surface area contributed by atoms with Gasteiger partial charge in [-0.15, -0.1) is 11.8 Å². The van der Waals surface area contributed by atoms with Crippen molar-refractivity contribution < 1.29 is 0 Å². The Morgan fingerprint density at radius 3 is 2.90 bits per heavy atom. The molecule has 0 fully saturated rings. The first-order valence-electron chi connectivity index (χ1n) is 2.94. The summed E-state index contributed by atoms with van der Waals surface area (Å²) in [4.78, 5) is 0. The molecule has 1 aliphatic rings. The molecule has 1 aliphatic heterocycles. The van der Waals surface area contributed by atoms with Crippen LogP contribution in [0.5, 0.6) is 0 Å². The predicted molar refractivity (Wildman–Crippen MR) is 45.9 cm³/mol. The van der Waals surface area contributed by atoms with E-state index in [-0.39, 0.29) is 0 Å². The summed E-state index contributed by atoms with van der Waals surface area (Å²) >= 11 is 1.43. The summed E-state index contributed by atoms with van der Waals surface area (Å²) in [7, 11) is 0. The molecule has 0 aromatic carbocycles. The number of nitrogens with one attached hydrogen (secondary N) is 2. The van der Waals surface area contributed by atoms with Gasteiger partial charge >= 0.3 is 0 Å². The van der Waals surface area contributed by atoms with E-state index in [0.29, 0.717) is 5.04 Å². The maximum atomic E-state index is 7.41. The van der Waals surface area contributed by atoms with Gasteiger partial charge < -0.3 is 5.32 Å². The molecule has 0 atom stereocenters. The van der Waals surface area contributed by atoms with E-state index >= 15 is 0 Å². The third kappa shape index (κ3) is 1.64. The van der Waals surface area contributed by atoms with Crippen LogP contribution in [0, 0.1) is 11.5 Å². The molecular formula is C7H9N2S. The Hall–Kier alpha value is -0.700. The van der Waals surface area contributed by atoms with Gasteiger partial charge in [0.1, 0.15) is 6.04 Å². The summed E-state index contributed by atoms with van der Waals surface area (Å²) in [6, 6.07) is 0.870. The third-order valence-corrected chi connectivity index (χ3v) is 1.79. The highest BCUT2D eigenvalue weighted by molar-refractivity contribution is 8.13. The van der Waals surface area contributed by atoms with Gasteiger partial charge in [-0.3, -0.25) is 5.41 Å². The summed E-state index contributed by atoms with van der Waals surface area (Å²) < 4.78 is 0. The van der Waals surface area contributed by atoms with Crippen LogP contribution in [0.2, 0.25) is 0 Å². The van der Waals surface area contributed by atoms with Crippen molar-refractivity contribution >= 4 is 16.8 Å². The number of thioether (sulfide) groups is 1. The summed E-state index contributed by atoms with van der Waals surface area (Å²) in [5.41, 5.74) is 0. The lowest BCUT2D eigenvalue weighted by Crippen LogP contribution is -2.20. The fourth-order valence-electron chi connectivity index (χ4n) is 0.645. The molecular weight excluding hydrogens is 144 g/mol. The minimum absolute atomic E-state index is 0.570. The first-order chi connectivity index (χ1) is 4.84. The van der Waals surface area contributed by atoms with E-state index in [4.69, 9.17) is 5.41 Å². The maximum absolute atomic E-state index is 7.41. The van der Waals surface area contributed by atoms with Crippen LogP contribution in [-0.4, -0.2) is 11.3 Å². The lowest BCUT2D eigenvalue weighted by atomic mass is 10.2. The maximum Gasteiger partial charge on any atom is 0.137 e. The number of hydrogen-bond donors (Lipinski definition) is 2. The lowest BCUT2D eigenvalue weighted by molar-refractivity contribution is 1.02. The molecule has 0 spiro atoms. The van der Waals surface area contributed by atoms with E-state index in [1.54, 1.807) is 0 Å². The normalized spacial score (nSPS) is 16.9. The number of allylic oxidation sites excluding steroid dienone is 2. The van der Waals surface area contributed by atoms with Gasteiger partial charge in [-0.2, -0.15) is 0 Å². The van der Waals surface area contributed by atoms with Gasteiger partial charge in [-0.1, -0.05) is 6.08 Å². The second-order valence-corrected chi connectivity index (χ2v) is 2.63. The molecule has 0 bridgehead atoms. The average molecular weight is 153 g/mol. The summed E-state index contributed by atoms with van der Waals surface area (Å²) in [5, 5.41) is 11.0. The van der Waals surface area contributed by atoms with Gasteiger partial charge in [0.05, 0.1) is 5.04 Å². The van der Waals surface area contributed by atoms with Crippen molar-refractivity contribution in [3.05, 3.63) is 30.5 Å².